The number of rotatable bonds is 3. The van der Waals surface area contributed by atoms with Gasteiger partial charge in [-0.25, -0.2) is 0 Å². The maximum atomic E-state index is 5.93. The SMILES string of the molecule is NC1(CCc2cn[nH]c2)CC1. The number of nitrogens with zero attached hydrogens (tertiary/aromatic N) is 1. The Kier molecular flexibility index (Phi) is 1.46. The molecule has 1 aliphatic carbocycles. The highest BCUT2D eigenvalue weighted by molar-refractivity contribution is 5.07. The van der Waals surface area contributed by atoms with E-state index in [9.17, 15) is 0 Å². The van der Waals surface area contributed by atoms with Gasteiger partial charge in [-0.15, -0.1) is 0 Å². The molecule has 2 rings (SSSR count). The van der Waals surface area contributed by atoms with Crippen LogP contribution >= 0.6 is 0 Å². The highest BCUT2D eigenvalue weighted by Gasteiger charge is 2.37. The Morgan fingerprint density at radius 3 is 3.00 bits per heavy atom. The van der Waals surface area contributed by atoms with Crippen LogP contribution in [0.5, 0.6) is 0 Å². The van der Waals surface area contributed by atoms with Crippen molar-refractivity contribution in [3.63, 3.8) is 0 Å². The first kappa shape index (κ1) is 6.85. The number of aromatic nitrogens is 2. The lowest BCUT2D eigenvalue weighted by Gasteiger charge is -2.05. The second kappa shape index (κ2) is 2.34. The van der Waals surface area contributed by atoms with Crippen LogP contribution in [0, 0.1) is 0 Å². The lowest BCUT2D eigenvalue weighted by atomic mass is 10.1. The van der Waals surface area contributed by atoms with Crippen molar-refractivity contribution < 1.29 is 0 Å². The molecule has 1 saturated carbocycles. The van der Waals surface area contributed by atoms with Crippen molar-refractivity contribution in [2.75, 3.05) is 0 Å². The van der Waals surface area contributed by atoms with Crippen molar-refractivity contribution in [3.8, 4) is 0 Å². The summed E-state index contributed by atoms with van der Waals surface area (Å²) in [6.45, 7) is 0. The van der Waals surface area contributed by atoms with Gasteiger partial charge in [0.25, 0.3) is 0 Å². The number of aromatic amines is 1. The topological polar surface area (TPSA) is 54.7 Å². The summed E-state index contributed by atoms with van der Waals surface area (Å²) in [5.41, 5.74) is 7.38. The van der Waals surface area contributed by atoms with Crippen LogP contribution in [0.15, 0.2) is 12.4 Å². The second-order valence-corrected chi connectivity index (χ2v) is 3.47. The summed E-state index contributed by atoms with van der Waals surface area (Å²) in [5, 5.41) is 6.67. The summed E-state index contributed by atoms with van der Waals surface area (Å²) >= 11 is 0. The molecule has 0 bridgehead atoms. The molecule has 0 saturated heterocycles. The van der Waals surface area contributed by atoms with Crippen molar-refractivity contribution in [1.29, 1.82) is 0 Å². The standard InChI is InChI=1S/C8H13N3/c9-8(3-4-8)2-1-7-5-10-11-6-7/h5-6H,1-4,9H2,(H,10,11). The summed E-state index contributed by atoms with van der Waals surface area (Å²) in [5.74, 6) is 0. The molecule has 3 N–H and O–H groups in total. The third-order valence-electron chi connectivity index (χ3n) is 2.36. The van der Waals surface area contributed by atoms with Gasteiger partial charge in [0, 0.05) is 11.7 Å². The van der Waals surface area contributed by atoms with E-state index in [-0.39, 0.29) is 5.54 Å². The number of aryl methyl sites for hydroxylation is 1. The summed E-state index contributed by atoms with van der Waals surface area (Å²) in [6, 6.07) is 0. The summed E-state index contributed by atoms with van der Waals surface area (Å²) in [4.78, 5) is 0. The normalized spacial score (nSPS) is 20.1. The quantitative estimate of drug-likeness (QED) is 0.672. The third-order valence-corrected chi connectivity index (χ3v) is 2.36. The monoisotopic (exact) mass is 151 g/mol. The predicted octanol–water partition coefficient (Wildman–Crippen LogP) is 0.834. The van der Waals surface area contributed by atoms with Gasteiger partial charge in [0.05, 0.1) is 6.20 Å². The Labute approximate surface area is 66.0 Å². The Balaban J connectivity index is 1.83. The average Bonchev–Trinajstić information content (AvgIpc) is 2.53. The maximum absolute atomic E-state index is 5.93. The number of H-pyrrole nitrogens is 1. The lowest BCUT2D eigenvalue weighted by molar-refractivity contribution is 0.609. The molecule has 3 nitrogen and oxygen atoms in total. The zero-order chi connectivity index (χ0) is 7.73. The first-order valence-electron chi connectivity index (χ1n) is 4.05. The molecule has 1 fully saturated rings. The predicted molar refractivity (Wildman–Crippen MR) is 43.1 cm³/mol. The minimum Gasteiger partial charge on any atom is -0.325 e. The molecular weight excluding hydrogens is 138 g/mol. The Bertz CT molecular complexity index is 223. The molecule has 1 aromatic rings. The summed E-state index contributed by atoms with van der Waals surface area (Å²) in [6.07, 6.45) is 8.37. The Morgan fingerprint density at radius 1 is 1.64 bits per heavy atom. The zero-order valence-electron chi connectivity index (χ0n) is 6.51. The van der Waals surface area contributed by atoms with Gasteiger partial charge in [0.2, 0.25) is 0 Å². The lowest BCUT2D eigenvalue weighted by Crippen LogP contribution is -2.21. The number of hydrogen-bond donors (Lipinski definition) is 2. The van der Waals surface area contributed by atoms with Gasteiger partial charge in [-0.1, -0.05) is 0 Å². The van der Waals surface area contributed by atoms with E-state index >= 15 is 0 Å². The van der Waals surface area contributed by atoms with Crippen LogP contribution < -0.4 is 5.73 Å². The molecule has 1 aromatic heterocycles. The minimum absolute atomic E-state index is 0.178. The fourth-order valence-corrected chi connectivity index (χ4v) is 1.22. The molecule has 1 heterocycles. The molecule has 0 atom stereocenters. The van der Waals surface area contributed by atoms with E-state index < -0.39 is 0 Å². The molecule has 60 valence electrons. The van der Waals surface area contributed by atoms with Crippen LogP contribution in [-0.4, -0.2) is 15.7 Å². The smallest absolute Gasteiger partial charge is 0.0519 e. The van der Waals surface area contributed by atoms with Crippen LogP contribution in [-0.2, 0) is 6.42 Å². The first-order valence-corrected chi connectivity index (χ1v) is 4.05. The van der Waals surface area contributed by atoms with Gasteiger partial charge in [0.1, 0.15) is 0 Å². The van der Waals surface area contributed by atoms with Gasteiger partial charge in [-0.3, -0.25) is 5.10 Å². The molecule has 0 aliphatic heterocycles. The minimum atomic E-state index is 0.178. The van der Waals surface area contributed by atoms with Crippen LogP contribution in [0.1, 0.15) is 24.8 Å². The molecule has 0 radical (unpaired) electrons. The van der Waals surface area contributed by atoms with Crippen molar-refractivity contribution in [3.05, 3.63) is 18.0 Å². The second-order valence-electron chi connectivity index (χ2n) is 3.47. The van der Waals surface area contributed by atoms with E-state index in [0.717, 1.165) is 12.8 Å². The molecule has 11 heavy (non-hydrogen) atoms. The van der Waals surface area contributed by atoms with Gasteiger partial charge in [-0.05, 0) is 31.2 Å². The summed E-state index contributed by atoms with van der Waals surface area (Å²) in [7, 11) is 0. The first-order chi connectivity index (χ1) is 5.29. The third kappa shape index (κ3) is 1.60. The summed E-state index contributed by atoms with van der Waals surface area (Å²) < 4.78 is 0. The highest BCUT2D eigenvalue weighted by Crippen LogP contribution is 2.36. The fourth-order valence-electron chi connectivity index (χ4n) is 1.22. The molecule has 0 amide bonds. The van der Waals surface area contributed by atoms with E-state index in [2.05, 4.69) is 10.2 Å². The van der Waals surface area contributed by atoms with Crippen LogP contribution in [0.2, 0.25) is 0 Å². The Hall–Kier alpha value is -0.830. The average molecular weight is 151 g/mol. The fraction of sp³-hybridized carbons (Fsp3) is 0.625. The van der Waals surface area contributed by atoms with E-state index in [1.165, 1.54) is 18.4 Å². The molecule has 3 heteroatoms. The van der Waals surface area contributed by atoms with E-state index in [4.69, 9.17) is 5.73 Å². The van der Waals surface area contributed by atoms with Crippen molar-refractivity contribution in [1.82, 2.24) is 10.2 Å². The van der Waals surface area contributed by atoms with Gasteiger partial charge in [-0.2, -0.15) is 5.10 Å². The molecule has 0 unspecified atom stereocenters. The van der Waals surface area contributed by atoms with Gasteiger partial charge in [0.15, 0.2) is 0 Å². The van der Waals surface area contributed by atoms with Crippen LogP contribution in [0.25, 0.3) is 0 Å². The van der Waals surface area contributed by atoms with E-state index in [1.54, 1.807) is 0 Å². The van der Waals surface area contributed by atoms with Crippen molar-refractivity contribution >= 4 is 0 Å². The van der Waals surface area contributed by atoms with Gasteiger partial charge < -0.3 is 5.73 Å². The highest BCUT2D eigenvalue weighted by atomic mass is 15.1. The van der Waals surface area contributed by atoms with Gasteiger partial charge >= 0.3 is 0 Å². The Morgan fingerprint density at radius 2 is 2.45 bits per heavy atom. The molecule has 1 aliphatic rings. The van der Waals surface area contributed by atoms with E-state index in [1.807, 2.05) is 12.4 Å². The number of hydrogen-bond acceptors (Lipinski definition) is 2. The largest absolute Gasteiger partial charge is 0.325 e. The maximum Gasteiger partial charge on any atom is 0.0519 e. The molecular formula is C8H13N3. The number of nitrogens with two attached hydrogens (primary N) is 1. The zero-order valence-corrected chi connectivity index (χ0v) is 6.51. The molecule has 0 aromatic carbocycles. The van der Waals surface area contributed by atoms with E-state index in [0.29, 0.717) is 0 Å². The molecule has 0 spiro atoms. The van der Waals surface area contributed by atoms with Crippen molar-refractivity contribution in [2.24, 2.45) is 5.73 Å². The number of nitrogens with one attached hydrogen (secondary N) is 1. The van der Waals surface area contributed by atoms with Crippen molar-refractivity contribution in [2.45, 2.75) is 31.2 Å². The van der Waals surface area contributed by atoms with Crippen LogP contribution in [0.4, 0.5) is 0 Å². The van der Waals surface area contributed by atoms with Crippen LogP contribution in [0.3, 0.4) is 0 Å².